The van der Waals surface area contributed by atoms with Crippen molar-refractivity contribution in [1.82, 2.24) is 0 Å². The van der Waals surface area contributed by atoms with E-state index in [1.165, 1.54) is 5.56 Å². The van der Waals surface area contributed by atoms with Crippen LogP contribution in [-0.4, -0.2) is 11.9 Å². The molecule has 0 aliphatic rings. The van der Waals surface area contributed by atoms with Crippen molar-refractivity contribution in [3.8, 4) is 5.75 Å². The van der Waals surface area contributed by atoms with Crippen LogP contribution in [0.3, 0.4) is 0 Å². The van der Waals surface area contributed by atoms with E-state index < -0.39 is 0 Å². The van der Waals surface area contributed by atoms with Crippen molar-refractivity contribution >= 4 is 27.5 Å². The number of aryl methyl sites for hydroxylation is 1. The van der Waals surface area contributed by atoms with Crippen molar-refractivity contribution in [2.45, 2.75) is 38.4 Å². The molecule has 0 aliphatic heterocycles. The fourth-order valence-corrected chi connectivity index (χ4v) is 2.08. The Hall–Kier alpha value is -0.210. The molecule has 0 heterocycles. The molecule has 0 bridgehead atoms. The van der Waals surface area contributed by atoms with Gasteiger partial charge in [0.1, 0.15) is 5.75 Å². The Bertz CT molecular complexity index is 371. The van der Waals surface area contributed by atoms with E-state index in [4.69, 9.17) is 16.3 Å². The molecular weight excluding hydrogens is 300 g/mol. The average molecular weight is 320 g/mol. The first-order valence-corrected chi connectivity index (χ1v) is 7.10. The summed E-state index contributed by atoms with van der Waals surface area (Å²) in [5, 5.41) is 0.766. The molecule has 1 nitrogen and oxygen atoms in total. The van der Waals surface area contributed by atoms with Crippen molar-refractivity contribution in [1.29, 1.82) is 0 Å². The molecule has 1 rings (SSSR count). The molecule has 0 saturated carbocycles. The van der Waals surface area contributed by atoms with E-state index in [0.717, 1.165) is 23.6 Å². The number of benzene rings is 1. The van der Waals surface area contributed by atoms with E-state index in [9.17, 15) is 0 Å². The van der Waals surface area contributed by atoms with Crippen LogP contribution >= 0.6 is 27.5 Å². The first kappa shape index (κ1) is 14.8. The van der Waals surface area contributed by atoms with Crippen molar-refractivity contribution < 1.29 is 4.74 Å². The fourth-order valence-electron chi connectivity index (χ4n) is 1.66. The van der Waals surface area contributed by atoms with Gasteiger partial charge in [0.05, 0.1) is 7.11 Å². The molecule has 1 aromatic carbocycles. The van der Waals surface area contributed by atoms with Crippen LogP contribution < -0.4 is 4.74 Å². The number of hydrogen-bond acceptors (Lipinski definition) is 1. The van der Waals surface area contributed by atoms with Gasteiger partial charge in [-0.25, -0.2) is 0 Å². The number of methoxy groups -OCH3 is 1. The lowest BCUT2D eigenvalue weighted by atomic mass is 9.88. The van der Waals surface area contributed by atoms with Crippen LogP contribution in [0.5, 0.6) is 5.75 Å². The number of halogens is 2. The molecule has 1 aromatic rings. The van der Waals surface area contributed by atoms with Gasteiger partial charge in [0.25, 0.3) is 0 Å². The minimum atomic E-state index is 0.270. The van der Waals surface area contributed by atoms with E-state index in [0.29, 0.717) is 4.83 Å². The molecule has 0 radical (unpaired) electrons. The minimum Gasteiger partial charge on any atom is -0.496 e. The van der Waals surface area contributed by atoms with Crippen molar-refractivity contribution in [2.75, 3.05) is 7.11 Å². The van der Waals surface area contributed by atoms with Gasteiger partial charge in [-0.2, -0.15) is 0 Å². The van der Waals surface area contributed by atoms with Crippen LogP contribution in [0, 0.1) is 5.41 Å². The van der Waals surface area contributed by atoms with Gasteiger partial charge in [0, 0.05) is 9.85 Å². The third-order valence-electron chi connectivity index (χ3n) is 2.85. The summed E-state index contributed by atoms with van der Waals surface area (Å²) in [4.78, 5) is 0.485. The SMILES string of the molecule is COc1ccc(Cl)cc1CCC(Br)C(C)(C)C. The molecule has 0 N–H and O–H groups in total. The smallest absolute Gasteiger partial charge is 0.122 e. The van der Waals surface area contributed by atoms with Gasteiger partial charge in [0.2, 0.25) is 0 Å². The van der Waals surface area contributed by atoms with Gasteiger partial charge in [-0.15, -0.1) is 0 Å². The molecule has 0 amide bonds. The summed E-state index contributed by atoms with van der Waals surface area (Å²) < 4.78 is 5.34. The Labute approximate surface area is 118 Å². The monoisotopic (exact) mass is 318 g/mol. The van der Waals surface area contributed by atoms with Crippen LogP contribution in [0.1, 0.15) is 32.8 Å². The normalized spacial score (nSPS) is 13.5. The standard InChI is InChI=1S/C14H20BrClO/c1-14(2,3)13(15)8-5-10-9-11(16)6-7-12(10)17-4/h6-7,9,13H,5,8H2,1-4H3. The van der Waals surface area contributed by atoms with Crippen LogP contribution in [0.25, 0.3) is 0 Å². The summed E-state index contributed by atoms with van der Waals surface area (Å²) in [6.07, 6.45) is 2.04. The maximum atomic E-state index is 6.01. The molecule has 1 unspecified atom stereocenters. The summed E-state index contributed by atoms with van der Waals surface area (Å²) in [6, 6.07) is 5.78. The quantitative estimate of drug-likeness (QED) is 0.702. The summed E-state index contributed by atoms with van der Waals surface area (Å²) >= 11 is 9.76. The molecule has 1 atom stereocenters. The molecular formula is C14H20BrClO. The number of hydrogen-bond donors (Lipinski definition) is 0. The second kappa shape index (κ2) is 6.10. The first-order valence-electron chi connectivity index (χ1n) is 5.81. The van der Waals surface area contributed by atoms with E-state index in [1.807, 2.05) is 18.2 Å². The Morgan fingerprint density at radius 1 is 1.35 bits per heavy atom. The molecule has 0 aliphatic carbocycles. The van der Waals surface area contributed by atoms with Crippen molar-refractivity contribution in [2.24, 2.45) is 5.41 Å². The van der Waals surface area contributed by atoms with Gasteiger partial charge in [-0.3, -0.25) is 0 Å². The Kier molecular flexibility index (Phi) is 5.33. The highest BCUT2D eigenvalue weighted by atomic mass is 79.9. The van der Waals surface area contributed by atoms with Crippen LogP contribution in [0.4, 0.5) is 0 Å². The summed E-state index contributed by atoms with van der Waals surface area (Å²) in [5.41, 5.74) is 1.44. The van der Waals surface area contributed by atoms with Gasteiger partial charge >= 0.3 is 0 Å². The molecule has 17 heavy (non-hydrogen) atoms. The van der Waals surface area contributed by atoms with Gasteiger partial charge in [-0.1, -0.05) is 48.3 Å². The maximum absolute atomic E-state index is 6.01. The highest BCUT2D eigenvalue weighted by Crippen LogP contribution is 2.31. The van der Waals surface area contributed by atoms with Gasteiger partial charge < -0.3 is 4.74 Å². The largest absolute Gasteiger partial charge is 0.496 e. The summed E-state index contributed by atoms with van der Waals surface area (Å²) in [5.74, 6) is 0.919. The fraction of sp³-hybridized carbons (Fsp3) is 0.571. The highest BCUT2D eigenvalue weighted by molar-refractivity contribution is 9.09. The van der Waals surface area contributed by atoms with Crippen molar-refractivity contribution in [3.63, 3.8) is 0 Å². The predicted octanol–water partition coefficient (Wildman–Crippen LogP) is 5.09. The molecule has 0 spiro atoms. The predicted molar refractivity (Wildman–Crippen MR) is 78.5 cm³/mol. The topological polar surface area (TPSA) is 9.23 Å². The molecule has 0 saturated heterocycles. The second-order valence-corrected chi connectivity index (χ2v) is 6.87. The van der Waals surface area contributed by atoms with E-state index in [2.05, 4.69) is 36.7 Å². The molecule has 96 valence electrons. The third-order valence-corrected chi connectivity index (χ3v) is 4.92. The number of rotatable bonds is 4. The maximum Gasteiger partial charge on any atom is 0.122 e. The zero-order valence-corrected chi connectivity index (χ0v) is 13.2. The number of ether oxygens (including phenoxy) is 1. The van der Waals surface area contributed by atoms with Gasteiger partial charge in [-0.05, 0) is 42.0 Å². The number of alkyl halides is 1. The Morgan fingerprint density at radius 2 is 2.00 bits per heavy atom. The first-order chi connectivity index (χ1) is 7.84. The van der Waals surface area contributed by atoms with E-state index in [-0.39, 0.29) is 5.41 Å². The lowest BCUT2D eigenvalue weighted by Crippen LogP contribution is -2.20. The van der Waals surface area contributed by atoms with E-state index in [1.54, 1.807) is 7.11 Å². The molecule has 0 fully saturated rings. The average Bonchev–Trinajstić information content (AvgIpc) is 2.24. The lowest BCUT2D eigenvalue weighted by molar-refractivity contribution is 0.380. The van der Waals surface area contributed by atoms with Crippen LogP contribution in [0.15, 0.2) is 18.2 Å². The van der Waals surface area contributed by atoms with Crippen LogP contribution in [0.2, 0.25) is 5.02 Å². The third kappa shape index (κ3) is 4.51. The highest BCUT2D eigenvalue weighted by Gasteiger charge is 2.21. The molecule has 3 heteroatoms. The Balaban J connectivity index is 2.72. The zero-order chi connectivity index (χ0) is 13.1. The molecule has 0 aromatic heterocycles. The summed E-state index contributed by atoms with van der Waals surface area (Å²) in [6.45, 7) is 6.71. The van der Waals surface area contributed by atoms with Crippen LogP contribution in [-0.2, 0) is 6.42 Å². The van der Waals surface area contributed by atoms with E-state index >= 15 is 0 Å². The van der Waals surface area contributed by atoms with Crippen molar-refractivity contribution in [3.05, 3.63) is 28.8 Å². The minimum absolute atomic E-state index is 0.270. The lowest BCUT2D eigenvalue weighted by Gasteiger charge is -2.25. The summed E-state index contributed by atoms with van der Waals surface area (Å²) in [7, 11) is 1.70. The Morgan fingerprint density at radius 3 is 2.53 bits per heavy atom. The second-order valence-electron chi connectivity index (χ2n) is 5.33. The van der Waals surface area contributed by atoms with Gasteiger partial charge in [0.15, 0.2) is 0 Å². The zero-order valence-electron chi connectivity index (χ0n) is 10.9.